The summed E-state index contributed by atoms with van der Waals surface area (Å²) in [4.78, 5) is 44.0. The number of nitrogens with zero attached hydrogens (tertiary/aromatic N) is 5. The molecule has 2 aliphatic rings. The summed E-state index contributed by atoms with van der Waals surface area (Å²) in [5.74, 6) is 0.705. The van der Waals surface area contributed by atoms with E-state index in [-0.39, 0.29) is 12.5 Å². The van der Waals surface area contributed by atoms with Gasteiger partial charge in [-0.1, -0.05) is 11.8 Å². The fraction of sp³-hybridized carbons (Fsp3) is 0.600. The van der Waals surface area contributed by atoms with Gasteiger partial charge in [-0.2, -0.15) is 0 Å². The van der Waals surface area contributed by atoms with Crippen LogP contribution in [0.4, 0.5) is 0 Å². The normalized spacial score (nSPS) is 17.5. The number of aryl methyl sites for hydroxylation is 2. The zero-order valence-electron chi connectivity index (χ0n) is 13.5. The Hall–Kier alpha value is -2.03. The van der Waals surface area contributed by atoms with Crippen LogP contribution in [0, 0.1) is 0 Å². The van der Waals surface area contributed by atoms with Crippen LogP contribution in [0.2, 0.25) is 0 Å². The van der Waals surface area contributed by atoms with Gasteiger partial charge >= 0.3 is 5.69 Å². The molecule has 24 heavy (non-hydrogen) atoms. The largest absolute Gasteiger partial charge is 0.341 e. The summed E-state index contributed by atoms with van der Waals surface area (Å²) in [5.41, 5.74) is -0.0863. The number of carbonyl (C=O) groups excluding carboxylic acids is 1. The maximum Gasteiger partial charge on any atom is 0.332 e. The van der Waals surface area contributed by atoms with Gasteiger partial charge in [0.1, 0.15) is 6.54 Å². The lowest BCUT2D eigenvalue weighted by atomic mass is 10.1. The number of aromatic nitrogens is 4. The van der Waals surface area contributed by atoms with Crippen molar-refractivity contribution in [1.82, 2.24) is 23.6 Å². The molecule has 0 saturated carbocycles. The van der Waals surface area contributed by atoms with E-state index >= 15 is 0 Å². The summed E-state index contributed by atoms with van der Waals surface area (Å²) in [6.07, 6.45) is 3.08. The Morgan fingerprint density at radius 2 is 1.92 bits per heavy atom. The van der Waals surface area contributed by atoms with Crippen LogP contribution in [0.1, 0.15) is 19.3 Å². The highest BCUT2D eigenvalue weighted by atomic mass is 32.2. The Morgan fingerprint density at radius 3 is 2.67 bits per heavy atom. The molecule has 128 valence electrons. The van der Waals surface area contributed by atoms with Crippen molar-refractivity contribution in [2.24, 2.45) is 7.05 Å². The third-order valence-corrected chi connectivity index (χ3v) is 5.70. The molecule has 0 N–H and O–H groups in total. The number of piperidine rings is 1. The number of hydrogen-bond acceptors (Lipinski definition) is 5. The second-order valence-corrected chi connectivity index (χ2v) is 7.30. The first-order valence-electron chi connectivity index (χ1n) is 8.18. The molecule has 1 saturated heterocycles. The maximum atomic E-state index is 12.8. The SMILES string of the molecule is Cn1c(=O)n(CC(=O)N2CCCCC2)c(=O)c2c1nc1n2CCS1. The molecule has 0 aromatic carbocycles. The number of rotatable bonds is 2. The molecule has 1 fully saturated rings. The van der Waals surface area contributed by atoms with E-state index < -0.39 is 11.2 Å². The van der Waals surface area contributed by atoms with Crippen LogP contribution in [0.25, 0.3) is 11.2 Å². The van der Waals surface area contributed by atoms with Crippen molar-refractivity contribution < 1.29 is 4.79 Å². The third kappa shape index (κ3) is 2.29. The topological polar surface area (TPSA) is 82.1 Å². The van der Waals surface area contributed by atoms with Crippen LogP contribution in [-0.4, -0.2) is 48.3 Å². The molecule has 0 bridgehead atoms. The van der Waals surface area contributed by atoms with E-state index in [1.807, 2.05) is 4.57 Å². The van der Waals surface area contributed by atoms with Crippen LogP contribution in [0.3, 0.4) is 0 Å². The van der Waals surface area contributed by atoms with Crippen molar-refractivity contribution in [1.29, 1.82) is 0 Å². The first-order valence-corrected chi connectivity index (χ1v) is 9.17. The molecule has 0 radical (unpaired) electrons. The van der Waals surface area contributed by atoms with E-state index in [0.717, 1.165) is 34.7 Å². The molecule has 4 rings (SSSR count). The van der Waals surface area contributed by atoms with Crippen LogP contribution < -0.4 is 11.2 Å². The van der Waals surface area contributed by atoms with Crippen LogP contribution >= 0.6 is 11.8 Å². The van der Waals surface area contributed by atoms with Gasteiger partial charge in [0.25, 0.3) is 5.56 Å². The van der Waals surface area contributed by atoms with Gasteiger partial charge < -0.3 is 9.47 Å². The lowest BCUT2D eigenvalue weighted by Crippen LogP contribution is -2.45. The lowest BCUT2D eigenvalue weighted by Gasteiger charge is -2.26. The lowest BCUT2D eigenvalue weighted by molar-refractivity contribution is -0.132. The Morgan fingerprint density at radius 1 is 1.17 bits per heavy atom. The van der Waals surface area contributed by atoms with E-state index in [2.05, 4.69) is 4.98 Å². The monoisotopic (exact) mass is 349 g/mol. The molecule has 1 amide bonds. The van der Waals surface area contributed by atoms with Crippen molar-refractivity contribution in [3.63, 3.8) is 0 Å². The summed E-state index contributed by atoms with van der Waals surface area (Å²) in [6.45, 7) is 1.91. The number of amides is 1. The van der Waals surface area contributed by atoms with Gasteiger partial charge in [0.15, 0.2) is 16.3 Å². The van der Waals surface area contributed by atoms with Crippen LogP contribution in [0.5, 0.6) is 0 Å². The number of thioether (sulfide) groups is 1. The summed E-state index contributed by atoms with van der Waals surface area (Å²) in [6, 6.07) is 0. The van der Waals surface area contributed by atoms with E-state index in [0.29, 0.717) is 30.8 Å². The average molecular weight is 349 g/mol. The number of hydrogen-bond donors (Lipinski definition) is 0. The van der Waals surface area contributed by atoms with Gasteiger partial charge in [-0.15, -0.1) is 0 Å². The summed E-state index contributed by atoms with van der Waals surface area (Å²) >= 11 is 1.57. The van der Waals surface area contributed by atoms with Gasteiger partial charge in [-0.05, 0) is 19.3 Å². The van der Waals surface area contributed by atoms with Crippen molar-refractivity contribution in [2.45, 2.75) is 37.5 Å². The van der Waals surface area contributed by atoms with Crippen molar-refractivity contribution >= 4 is 28.8 Å². The first kappa shape index (κ1) is 15.5. The minimum Gasteiger partial charge on any atom is -0.341 e. The van der Waals surface area contributed by atoms with E-state index in [1.165, 1.54) is 4.57 Å². The Kier molecular flexibility index (Phi) is 3.75. The Balaban J connectivity index is 1.79. The summed E-state index contributed by atoms with van der Waals surface area (Å²) in [7, 11) is 1.60. The predicted octanol–water partition coefficient (Wildman–Crippen LogP) is 0.0149. The zero-order chi connectivity index (χ0) is 16.8. The quantitative estimate of drug-likeness (QED) is 0.763. The standard InChI is InChI=1S/C15H19N5O3S/c1-17-12-11(19-7-8-24-14(19)16-12)13(22)20(15(17)23)9-10(21)18-5-3-2-4-6-18/h2-9H2,1H3. The molecule has 0 atom stereocenters. The fourth-order valence-electron chi connectivity index (χ4n) is 3.42. The van der Waals surface area contributed by atoms with Crippen molar-refractivity contribution in [3.05, 3.63) is 20.8 Å². The summed E-state index contributed by atoms with van der Waals surface area (Å²) in [5, 5.41) is 0.761. The molecule has 8 nitrogen and oxygen atoms in total. The molecular weight excluding hydrogens is 330 g/mol. The van der Waals surface area contributed by atoms with Gasteiger partial charge in [-0.3, -0.25) is 14.2 Å². The molecule has 0 unspecified atom stereocenters. The molecule has 0 aliphatic carbocycles. The van der Waals surface area contributed by atoms with Crippen LogP contribution in [-0.2, 0) is 24.9 Å². The van der Waals surface area contributed by atoms with Crippen LogP contribution in [0.15, 0.2) is 14.7 Å². The van der Waals surface area contributed by atoms with E-state index in [1.54, 1.807) is 23.7 Å². The number of fused-ring (bicyclic) bond motifs is 3. The highest BCUT2D eigenvalue weighted by Crippen LogP contribution is 2.27. The predicted molar refractivity (Wildman–Crippen MR) is 90.4 cm³/mol. The second kappa shape index (κ2) is 5.80. The molecule has 2 aromatic rings. The number of likely N-dealkylation sites (tertiary alicyclic amines) is 1. The Bertz CT molecular complexity index is 935. The maximum absolute atomic E-state index is 12.8. The molecule has 4 heterocycles. The highest BCUT2D eigenvalue weighted by Gasteiger charge is 2.25. The highest BCUT2D eigenvalue weighted by molar-refractivity contribution is 7.99. The van der Waals surface area contributed by atoms with Gasteiger partial charge in [0, 0.05) is 32.4 Å². The van der Waals surface area contributed by atoms with Gasteiger partial charge in [0.2, 0.25) is 5.91 Å². The van der Waals surface area contributed by atoms with Gasteiger partial charge in [0.05, 0.1) is 0 Å². The minimum atomic E-state index is -0.486. The molecule has 2 aromatic heterocycles. The Labute approximate surface area is 142 Å². The van der Waals surface area contributed by atoms with E-state index in [9.17, 15) is 14.4 Å². The van der Waals surface area contributed by atoms with Crippen molar-refractivity contribution in [3.8, 4) is 0 Å². The molecule has 2 aliphatic heterocycles. The zero-order valence-corrected chi connectivity index (χ0v) is 14.3. The van der Waals surface area contributed by atoms with Crippen molar-refractivity contribution in [2.75, 3.05) is 18.8 Å². The molecular formula is C15H19N5O3S. The minimum absolute atomic E-state index is 0.163. The van der Waals surface area contributed by atoms with E-state index in [4.69, 9.17) is 0 Å². The number of carbonyl (C=O) groups is 1. The summed E-state index contributed by atoms with van der Waals surface area (Å²) < 4.78 is 4.27. The first-order chi connectivity index (χ1) is 11.6. The molecule has 0 spiro atoms. The van der Waals surface area contributed by atoms with Gasteiger partial charge in [-0.25, -0.2) is 14.3 Å². The third-order valence-electron chi connectivity index (χ3n) is 4.75. The molecule has 9 heteroatoms. The average Bonchev–Trinajstić information content (AvgIpc) is 3.18. The second-order valence-electron chi connectivity index (χ2n) is 6.24. The smallest absolute Gasteiger partial charge is 0.332 e. The number of imidazole rings is 1. The fourth-order valence-corrected chi connectivity index (χ4v) is 4.36.